The summed E-state index contributed by atoms with van der Waals surface area (Å²) >= 11 is 0. The number of carbonyl (C=O) groups is 2. The Hall–Kier alpha value is -2.89. The summed E-state index contributed by atoms with van der Waals surface area (Å²) in [7, 11) is 0. The number of nitrogens with one attached hydrogen (secondary N) is 3. The lowest BCUT2D eigenvalue weighted by atomic mass is 10.1. The zero-order chi connectivity index (χ0) is 16.7. The lowest BCUT2D eigenvalue weighted by Gasteiger charge is -2.09. The number of aryl methyl sites for hydroxylation is 2. The quantitative estimate of drug-likeness (QED) is 0.565. The summed E-state index contributed by atoms with van der Waals surface area (Å²) < 4.78 is 0. The van der Waals surface area contributed by atoms with Crippen molar-refractivity contribution in [2.45, 2.75) is 26.7 Å². The molecule has 0 aliphatic carbocycles. The molecule has 0 aliphatic heterocycles. The number of anilines is 1. The van der Waals surface area contributed by atoms with E-state index in [4.69, 9.17) is 0 Å². The number of H-pyrrole nitrogens is 1. The molecule has 6 nitrogen and oxygen atoms in total. The number of rotatable bonds is 6. The van der Waals surface area contributed by atoms with E-state index in [0.717, 1.165) is 22.5 Å². The highest BCUT2D eigenvalue weighted by Gasteiger charge is 2.08. The van der Waals surface area contributed by atoms with Crippen molar-refractivity contribution in [3.63, 3.8) is 0 Å². The minimum atomic E-state index is -0.302. The number of benzene rings is 1. The van der Waals surface area contributed by atoms with Gasteiger partial charge in [-0.1, -0.05) is 12.1 Å². The molecule has 0 saturated carbocycles. The van der Waals surface area contributed by atoms with Crippen LogP contribution in [0.4, 0.5) is 5.69 Å². The first-order valence-corrected chi connectivity index (χ1v) is 7.37. The highest BCUT2D eigenvalue weighted by molar-refractivity contribution is 5.94. The average Bonchev–Trinajstić information content (AvgIpc) is 3.02. The monoisotopic (exact) mass is 312 g/mol. The minimum absolute atomic E-state index is 0.0821. The fourth-order valence-corrected chi connectivity index (χ4v) is 1.96. The van der Waals surface area contributed by atoms with Crippen LogP contribution in [-0.2, 0) is 9.59 Å². The minimum Gasteiger partial charge on any atom is -0.360 e. The summed E-state index contributed by atoms with van der Waals surface area (Å²) in [5.74, 6) is -0.494. The third-order valence-corrected chi connectivity index (χ3v) is 3.26. The van der Waals surface area contributed by atoms with Gasteiger partial charge in [0.2, 0.25) is 11.8 Å². The van der Waals surface area contributed by atoms with Crippen LogP contribution in [0.15, 0.2) is 41.6 Å². The largest absolute Gasteiger partial charge is 0.360 e. The van der Waals surface area contributed by atoms with Crippen LogP contribution in [0.5, 0.6) is 0 Å². The van der Waals surface area contributed by atoms with E-state index in [1.54, 1.807) is 6.20 Å². The molecule has 0 unspecified atom stereocenters. The molecule has 0 spiro atoms. The van der Waals surface area contributed by atoms with Crippen LogP contribution < -0.4 is 10.7 Å². The van der Waals surface area contributed by atoms with Gasteiger partial charge in [0, 0.05) is 24.7 Å². The molecule has 0 radical (unpaired) electrons. The molecule has 1 heterocycles. The predicted octanol–water partition coefficient (Wildman–Crippen LogP) is 2.50. The van der Waals surface area contributed by atoms with Crippen molar-refractivity contribution in [1.82, 2.24) is 10.4 Å². The molecule has 2 rings (SSSR count). The Kier molecular flexibility index (Phi) is 5.68. The second-order valence-corrected chi connectivity index (χ2v) is 5.29. The number of hydrogen-bond donors (Lipinski definition) is 3. The van der Waals surface area contributed by atoms with E-state index in [9.17, 15) is 9.59 Å². The normalized spacial score (nSPS) is 10.7. The molecule has 2 amide bonds. The summed E-state index contributed by atoms with van der Waals surface area (Å²) in [4.78, 5) is 26.5. The van der Waals surface area contributed by atoms with Gasteiger partial charge in [-0.05, 0) is 43.2 Å². The smallest absolute Gasteiger partial charge is 0.240 e. The maximum Gasteiger partial charge on any atom is 0.240 e. The molecule has 120 valence electrons. The molecule has 23 heavy (non-hydrogen) atoms. The predicted molar refractivity (Wildman–Crippen MR) is 90.3 cm³/mol. The summed E-state index contributed by atoms with van der Waals surface area (Å²) in [6.07, 6.45) is 3.46. The van der Waals surface area contributed by atoms with Crippen molar-refractivity contribution in [2.24, 2.45) is 5.10 Å². The third kappa shape index (κ3) is 5.43. The van der Waals surface area contributed by atoms with Crippen LogP contribution in [0.2, 0.25) is 0 Å². The van der Waals surface area contributed by atoms with E-state index < -0.39 is 0 Å². The Morgan fingerprint density at radius 2 is 1.96 bits per heavy atom. The highest BCUT2D eigenvalue weighted by Crippen LogP contribution is 2.16. The van der Waals surface area contributed by atoms with Crippen LogP contribution in [-0.4, -0.2) is 23.0 Å². The molecule has 1 aromatic heterocycles. The molecule has 2 aromatic rings. The summed E-state index contributed by atoms with van der Waals surface area (Å²) in [6.45, 7) is 3.89. The number of aromatic nitrogens is 1. The van der Waals surface area contributed by atoms with E-state index in [1.165, 1.54) is 6.21 Å². The zero-order valence-corrected chi connectivity index (χ0v) is 13.2. The van der Waals surface area contributed by atoms with E-state index in [0.29, 0.717) is 0 Å². The lowest BCUT2D eigenvalue weighted by Crippen LogP contribution is -2.21. The van der Waals surface area contributed by atoms with Crippen LogP contribution in [0.25, 0.3) is 0 Å². The van der Waals surface area contributed by atoms with Gasteiger partial charge in [0.1, 0.15) is 0 Å². The molecule has 0 atom stereocenters. The first kappa shape index (κ1) is 16.5. The molecule has 0 aliphatic rings. The second kappa shape index (κ2) is 7.93. The van der Waals surface area contributed by atoms with Gasteiger partial charge in [0.25, 0.3) is 0 Å². The van der Waals surface area contributed by atoms with Gasteiger partial charge in [0.15, 0.2) is 0 Å². The molecule has 1 aromatic carbocycles. The van der Waals surface area contributed by atoms with Crippen molar-refractivity contribution >= 4 is 23.7 Å². The van der Waals surface area contributed by atoms with Crippen LogP contribution in [0.3, 0.4) is 0 Å². The van der Waals surface area contributed by atoms with Crippen LogP contribution >= 0.6 is 0 Å². The van der Waals surface area contributed by atoms with Gasteiger partial charge in [-0.2, -0.15) is 5.10 Å². The summed E-state index contributed by atoms with van der Waals surface area (Å²) in [6, 6.07) is 9.51. The SMILES string of the molecule is Cc1ccc(C)c(NC(=O)CCC(=O)N/N=C/c2ccc[nH]2)c1. The van der Waals surface area contributed by atoms with Gasteiger partial charge in [0.05, 0.1) is 11.9 Å². The van der Waals surface area contributed by atoms with Crippen molar-refractivity contribution in [3.8, 4) is 0 Å². The lowest BCUT2D eigenvalue weighted by molar-refractivity contribution is -0.124. The number of carbonyl (C=O) groups excluding carboxylic acids is 2. The van der Waals surface area contributed by atoms with Crippen molar-refractivity contribution in [1.29, 1.82) is 0 Å². The Balaban J connectivity index is 1.75. The van der Waals surface area contributed by atoms with E-state index in [1.807, 2.05) is 44.2 Å². The van der Waals surface area contributed by atoms with Crippen LogP contribution in [0, 0.1) is 13.8 Å². The molecular weight excluding hydrogens is 292 g/mol. The first-order chi connectivity index (χ1) is 11.0. The summed E-state index contributed by atoms with van der Waals surface area (Å²) in [5.41, 5.74) is 6.02. The number of hydrazone groups is 1. The van der Waals surface area contributed by atoms with E-state index in [2.05, 4.69) is 20.8 Å². The topological polar surface area (TPSA) is 86.3 Å². The Bertz CT molecular complexity index is 705. The number of amides is 2. The molecule has 0 saturated heterocycles. The van der Waals surface area contributed by atoms with Gasteiger partial charge in [-0.25, -0.2) is 5.43 Å². The fraction of sp³-hybridized carbons (Fsp3) is 0.235. The highest BCUT2D eigenvalue weighted by atomic mass is 16.2. The maximum atomic E-state index is 11.9. The van der Waals surface area contributed by atoms with Gasteiger partial charge in [-0.3, -0.25) is 9.59 Å². The number of aromatic amines is 1. The van der Waals surface area contributed by atoms with Crippen LogP contribution in [0.1, 0.15) is 29.7 Å². The van der Waals surface area contributed by atoms with E-state index >= 15 is 0 Å². The third-order valence-electron chi connectivity index (χ3n) is 3.26. The molecular formula is C17H20N4O2. The first-order valence-electron chi connectivity index (χ1n) is 7.37. The molecule has 0 bridgehead atoms. The number of nitrogens with zero attached hydrogens (tertiary/aromatic N) is 1. The molecule has 0 fully saturated rings. The Morgan fingerprint density at radius 3 is 2.70 bits per heavy atom. The number of hydrogen-bond acceptors (Lipinski definition) is 3. The van der Waals surface area contributed by atoms with Gasteiger partial charge in [-0.15, -0.1) is 0 Å². The second-order valence-electron chi connectivity index (χ2n) is 5.29. The van der Waals surface area contributed by atoms with E-state index in [-0.39, 0.29) is 24.7 Å². The Morgan fingerprint density at radius 1 is 1.17 bits per heavy atom. The van der Waals surface area contributed by atoms with Crippen molar-refractivity contribution in [2.75, 3.05) is 5.32 Å². The zero-order valence-electron chi connectivity index (χ0n) is 13.2. The van der Waals surface area contributed by atoms with Crippen molar-refractivity contribution < 1.29 is 9.59 Å². The van der Waals surface area contributed by atoms with Gasteiger partial charge < -0.3 is 10.3 Å². The molecule has 6 heteroatoms. The molecule has 3 N–H and O–H groups in total. The Labute approximate surface area is 135 Å². The van der Waals surface area contributed by atoms with Gasteiger partial charge >= 0.3 is 0 Å². The maximum absolute atomic E-state index is 11.9. The fourth-order valence-electron chi connectivity index (χ4n) is 1.96. The average molecular weight is 312 g/mol. The standard InChI is InChI=1S/C17H20N4O2/c1-12-5-6-13(2)15(10-12)20-16(22)7-8-17(23)21-19-11-14-4-3-9-18-14/h3-6,9-11,18H,7-8H2,1-2H3,(H,20,22)(H,21,23)/b19-11+. The summed E-state index contributed by atoms with van der Waals surface area (Å²) in [5, 5.41) is 6.64. The van der Waals surface area contributed by atoms with Crippen molar-refractivity contribution in [3.05, 3.63) is 53.3 Å².